The highest BCUT2D eigenvalue weighted by atomic mass is 79.9. The van der Waals surface area contributed by atoms with E-state index in [9.17, 15) is 27.2 Å². The summed E-state index contributed by atoms with van der Waals surface area (Å²) in [7, 11) is 0. The van der Waals surface area contributed by atoms with Crippen LogP contribution in [-0.2, 0) is 6.18 Å². The van der Waals surface area contributed by atoms with Crippen molar-refractivity contribution in [3.8, 4) is 16.9 Å². The molecule has 1 heterocycles. The molecule has 42 heavy (non-hydrogen) atoms. The van der Waals surface area contributed by atoms with E-state index in [0.29, 0.717) is 37.6 Å². The number of aromatic nitrogens is 1. The topological polar surface area (TPSA) is 83.5 Å². The number of aromatic amines is 1. The van der Waals surface area contributed by atoms with Crippen LogP contribution in [-0.4, -0.2) is 23.1 Å². The molecule has 1 amide bonds. The lowest BCUT2D eigenvalue weighted by molar-refractivity contribution is -0.137. The summed E-state index contributed by atoms with van der Waals surface area (Å²) < 4.78 is 59.3. The highest BCUT2D eigenvalue weighted by molar-refractivity contribution is 9.10. The maximum atomic E-state index is 14.1. The van der Waals surface area contributed by atoms with Gasteiger partial charge >= 0.3 is 12.1 Å². The quantitative estimate of drug-likeness (QED) is 0.0632. The molecular weight excluding hydrogens is 642 g/mol. The first kappa shape index (κ1) is 29.0. The van der Waals surface area contributed by atoms with Crippen molar-refractivity contribution in [3.05, 3.63) is 123 Å². The number of hydrogen-bond donors (Lipinski definition) is 2. The number of H-pyrrole nitrogens is 1. The Morgan fingerprint density at radius 2 is 1.76 bits per heavy atom. The van der Waals surface area contributed by atoms with E-state index < -0.39 is 29.4 Å². The van der Waals surface area contributed by atoms with Crippen LogP contribution in [0, 0.1) is 5.82 Å². The van der Waals surface area contributed by atoms with Crippen LogP contribution >= 0.6 is 27.5 Å². The van der Waals surface area contributed by atoms with E-state index in [1.807, 2.05) is 0 Å². The number of ether oxygens (including phenoxy) is 1. The number of carbonyl (C=O) groups is 2. The van der Waals surface area contributed by atoms with Gasteiger partial charge in [-0.1, -0.05) is 51.8 Å². The Morgan fingerprint density at radius 1 is 0.976 bits per heavy atom. The number of nitrogens with zero attached hydrogens (tertiary/aromatic N) is 1. The molecule has 0 aliphatic carbocycles. The molecule has 0 saturated carbocycles. The number of esters is 1. The summed E-state index contributed by atoms with van der Waals surface area (Å²) in [5.41, 5.74) is 2.78. The zero-order chi connectivity index (χ0) is 30.0. The van der Waals surface area contributed by atoms with Crippen molar-refractivity contribution in [1.29, 1.82) is 0 Å². The van der Waals surface area contributed by atoms with Gasteiger partial charge in [-0.25, -0.2) is 14.6 Å². The van der Waals surface area contributed by atoms with Crippen molar-refractivity contribution in [1.82, 2.24) is 10.4 Å². The molecule has 6 nitrogen and oxygen atoms in total. The summed E-state index contributed by atoms with van der Waals surface area (Å²) in [5, 5.41) is 4.77. The number of benzene rings is 4. The number of nitrogens with one attached hydrogen (secondary N) is 2. The fourth-order valence-electron chi connectivity index (χ4n) is 4.19. The van der Waals surface area contributed by atoms with Gasteiger partial charge in [0.2, 0.25) is 0 Å². The number of amides is 1. The van der Waals surface area contributed by atoms with Crippen molar-refractivity contribution in [2.24, 2.45) is 5.10 Å². The van der Waals surface area contributed by atoms with Crippen molar-refractivity contribution >= 4 is 56.5 Å². The van der Waals surface area contributed by atoms with Gasteiger partial charge in [0.25, 0.3) is 5.91 Å². The van der Waals surface area contributed by atoms with Gasteiger partial charge < -0.3 is 9.72 Å². The normalized spacial score (nSPS) is 11.7. The molecule has 2 N–H and O–H groups in total. The molecule has 0 aliphatic heterocycles. The zero-order valence-corrected chi connectivity index (χ0v) is 23.4. The minimum Gasteiger partial charge on any atom is -0.422 e. The molecule has 0 saturated heterocycles. The highest BCUT2D eigenvalue weighted by Gasteiger charge is 2.31. The van der Waals surface area contributed by atoms with Crippen molar-refractivity contribution < 1.29 is 31.9 Å². The van der Waals surface area contributed by atoms with Crippen LogP contribution in [0.3, 0.4) is 0 Å². The summed E-state index contributed by atoms with van der Waals surface area (Å²) in [4.78, 5) is 28.9. The van der Waals surface area contributed by atoms with Gasteiger partial charge in [-0.3, -0.25) is 4.79 Å². The number of fused-ring (bicyclic) bond motifs is 1. The second-order valence-electron chi connectivity index (χ2n) is 8.89. The summed E-state index contributed by atoms with van der Waals surface area (Å²) in [6.07, 6.45) is -3.43. The molecular formula is C30H17BrClF4N3O3. The number of carbonyl (C=O) groups excluding carboxylic acids is 2. The molecule has 0 atom stereocenters. The molecule has 0 fully saturated rings. The van der Waals surface area contributed by atoms with Crippen molar-refractivity contribution in [3.63, 3.8) is 0 Å². The van der Waals surface area contributed by atoms with E-state index in [0.717, 1.165) is 12.1 Å². The van der Waals surface area contributed by atoms with E-state index >= 15 is 0 Å². The number of rotatable bonds is 6. The molecule has 1 aromatic heterocycles. The average Bonchev–Trinajstić information content (AvgIpc) is 3.32. The van der Waals surface area contributed by atoms with E-state index in [1.54, 1.807) is 30.3 Å². The van der Waals surface area contributed by atoms with Crippen LogP contribution in [0.2, 0.25) is 5.02 Å². The predicted molar refractivity (Wildman–Crippen MR) is 154 cm³/mol. The lowest BCUT2D eigenvalue weighted by atomic mass is 10.0. The lowest BCUT2D eigenvalue weighted by Gasteiger charge is -2.10. The Kier molecular flexibility index (Phi) is 8.15. The van der Waals surface area contributed by atoms with Crippen LogP contribution in [0.1, 0.15) is 32.0 Å². The maximum Gasteiger partial charge on any atom is 0.416 e. The monoisotopic (exact) mass is 657 g/mol. The first-order valence-corrected chi connectivity index (χ1v) is 13.3. The Balaban J connectivity index is 1.41. The minimum absolute atomic E-state index is 0.0172. The third-order valence-electron chi connectivity index (χ3n) is 6.10. The first-order chi connectivity index (χ1) is 20.0. The number of halogens is 6. The van der Waals surface area contributed by atoms with E-state index in [1.165, 1.54) is 42.6 Å². The molecule has 0 bridgehead atoms. The summed E-state index contributed by atoms with van der Waals surface area (Å²) in [6, 6.07) is 19.2. The molecule has 0 aliphatic rings. The largest absolute Gasteiger partial charge is 0.422 e. The maximum absolute atomic E-state index is 14.1. The third kappa shape index (κ3) is 6.22. The lowest BCUT2D eigenvalue weighted by Crippen LogP contribution is -2.19. The third-order valence-corrected chi connectivity index (χ3v) is 6.92. The molecule has 5 rings (SSSR count). The van der Waals surface area contributed by atoms with Crippen LogP contribution in [0.4, 0.5) is 17.6 Å². The molecule has 12 heteroatoms. The van der Waals surface area contributed by atoms with E-state index in [4.69, 9.17) is 16.3 Å². The standard InChI is InChI=1S/C30H17BrClF4N3O3/c31-19-8-11-25(42-29(41)16-4-3-5-18(12-16)30(34,35)36)17(13-19)15-37-39-28(40)27-26(21-6-1-2-7-23(21)32)22-14-20(33)9-10-24(22)38-27/h1-15,38H,(H,39,40). The second-order valence-corrected chi connectivity index (χ2v) is 10.2. The zero-order valence-electron chi connectivity index (χ0n) is 21.1. The van der Waals surface area contributed by atoms with Gasteiger partial charge in [0.05, 0.1) is 17.3 Å². The number of hydrazone groups is 1. The summed E-state index contributed by atoms with van der Waals surface area (Å²) in [6.45, 7) is 0. The van der Waals surface area contributed by atoms with E-state index in [-0.39, 0.29) is 22.6 Å². The summed E-state index contributed by atoms with van der Waals surface area (Å²) >= 11 is 9.70. The van der Waals surface area contributed by atoms with Crippen LogP contribution in [0.15, 0.2) is 94.5 Å². The highest BCUT2D eigenvalue weighted by Crippen LogP contribution is 2.37. The van der Waals surface area contributed by atoms with Crippen LogP contribution in [0.5, 0.6) is 5.75 Å². The Hall–Kier alpha value is -4.48. The number of alkyl halides is 3. The summed E-state index contributed by atoms with van der Waals surface area (Å²) in [5.74, 6) is -2.20. The predicted octanol–water partition coefficient (Wildman–Crippen LogP) is 8.39. The average molecular weight is 659 g/mol. The van der Waals surface area contributed by atoms with Gasteiger partial charge in [0.15, 0.2) is 0 Å². The first-order valence-electron chi connectivity index (χ1n) is 12.1. The van der Waals surface area contributed by atoms with Gasteiger partial charge in [-0.15, -0.1) is 0 Å². The van der Waals surface area contributed by atoms with Gasteiger partial charge in [0, 0.05) is 37.1 Å². The molecule has 4 aromatic carbocycles. The Bertz CT molecular complexity index is 1870. The second kappa shape index (κ2) is 11.8. The van der Waals surface area contributed by atoms with Gasteiger partial charge in [-0.05, 0) is 60.7 Å². The molecule has 0 unspecified atom stereocenters. The SMILES string of the molecule is O=C(Oc1ccc(Br)cc1C=NNC(=O)c1[nH]c2ccc(F)cc2c1-c1ccccc1Cl)c1cccc(C(F)(F)F)c1. The minimum atomic E-state index is -4.63. The van der Waals surface area contributed by atoms with E-state index in [2.05, 4.69) is 31.4 Å². The Morgan fingerprint density at radius 3 is 2.52 bits per heavy atom. The van der Waals surface area contributed by atoms with Crippen molar-refractivity contribution in [2.75, 3.05) is 0 Å². The fourth-order valence-corrected chi connectivity index (χ4v) is 4.80. The van der Waals surface area contributed by atoms with Gasteiger partial charge in [-0.2, -0.15) is 18.3 Å². The molecule has 5 aromatic rings. The fraction of sp³-hybridized carbons (Fsp3) is 0.0333. The smallest absolute Gasteiger partial charge is 0.416 e. The number of hydrogen-bond acceptors (Lipinski definition) is 4. The molecule has 212 valence electrons. The van der Waals surface area contributed by atoms with Crippen LogP contribution in [0.25, 0.3) is 22.0 Å². The molecule has 0 radical (unpaired) electrons. The molecule has 0 spiro atoms. The van der Waals surface area contributed by atoms with Crippen molar-refractivity contribution in [2.45, 2.75) is 6.18 Å². The Labute approximate surface area is 249 Å². The van der Waals surface area contributed by atoms with Gasteiger partial charge in [0.1, 0.15) is 17.3 Å². The van der Waals surface area contributed by atoms with Crippen LogP contribution < -0.4 is 10.2 Å².